The zero-order chi connectivity index (χ0) is 17.2. The Morgan fingerprint density at radius 1 is 1.12 bits per heavy atom. The molecule has 134 valence electrons. The predicted octanol–water partition coefficient (Wildman–Crippen LogP) is 3.40. The highest BCUT2D eigenvalue weighted by atomic mass is 16.5. The van der Waals surface area contributed by atoms with Gasteiger partial charge in [0.1, 0.15) is 0 Å². The first-order chi connectivity index (χ1) is 11.5. The molecule has 3 aliphatic rings. The van der Waals surface area contributed by atoms with Crippen molar-refractivity contribution in [3.63, 3.8) is 0 Å². The molecule has 0 unspecified atom stereocenters. The summed E-state index contributed by atoms with van der Waals surface area (Å²) >= 11 is 0. The van der Waals surface area contributed by atoms with Gasteiger partial charge < -0.3 is 10.1 Å². The van der Waals surface area contributed by atoms with Gasteiger partial charge in [-0.05, 0) is 70.2 Å². The smallest absolute Gasteiger partial charge is 0.244 e. The number of nitrogens with zero attached hydrogens (tertiary/aromatic N) is 1. The summed E-state index contributed by atoms with van der Waals surface area (Å²) in [5.41, 5.74) is 1.85. The molecule has 1 amide bonds. The van der Waals surface area contributed by atoms with E-state index in [1.54, 1.807) is 0 Å². The van der Waals surface area contributed by atoms with Crippen LogP contribution in [0, 0.1) is 5.92 Å². The summed E-state index contributed by atoms with van der Waals surface area (Å²) in [6, 6.07) is 0.531. The number of hydrogen-bond donors (Lipinski definition) is 1. The van der Waals surface area contributed by atoms with Crippen molar-refractivity contribution in [1.82, 2.24) is 10.2 Å². The Kier molecular flexibility index (Phi) is 5.46. The van der Waals surface area contributed by atoms with E-state index in [1.165, 1.54) is 37.7 Å². The number of nitrogens with one attached hydrogen (secondary N) is 1. The molecule has 0 radical (unpaired) electrons. The highest BCUT2D eigenvalue weighted by Crippen LogP contribution is 2.31. The second-order valence-corrected chi connectivity index (χ2v) is 8.05. The summed E-state index contributed by atoms with van der Waals surface area (Å²) in [5.74, 6) is 0.710. The minimum Gasteiger partial charge on any atom is -0.381 e. The van der Waals surface area contributed by atoms with Crippen LogP contribution < -0.4 is 5.32 Å². The third kappa shape index (κ3) is 3.75. The van der Waals surface area contributed by atoms with E-state index in [2.05, 4.69) is 29.4 Å². The monoisotopic (exact) mass is 332 g/mol. The lowest BCUT2D eigenvalue weighted by Gasteiger charge is -2.42. The maximum absolute atomic E-state index is 12.8. The van der Waals surface area contributed by atoms with Gasteiger partial charge in [0.2, 0.25) is 5.91 Å². The van der Waals surface area contributed by atoms with Crippen molar-refractivity contribution >= 4 is 5.91 Å². The van der Waals surface area contributed by atoms with Gasteiger partial charge in [-0.2, -0.15) is 0 Å². The van der Waals surface area contributed by atoms with Crippen molar-refractivity contribution in [3.8, 4) is 0 Å². The van der Waals surface area contributed by atoms with Crippen molar-refractivity contribution in [2.75, 3.05) is 20.3 Å². The minimum absolute atomic E-state index is 0.101. The van der Waals surface area contributed by atoms with Crippen molar-refractivity contribution in [2.24, 2.45) is 5.92 Å². The number of rotatable bonds is 5. The second-order valence-electron chi connectivity index (χ2n) is 8.05. The molecule has 24 heavy (non-hydrogen) atoms. The van der Waals surface area contributed by atoms with Crippen molar-refractivity contribution in [3.05, 3.63) is 23.4 Å². The molecule has 0 aromatic heterocycles. The van der Waals surface area contributed by atoms with E-state index in [0.717, 1.165) is 31.8 Å². The topological polar surface area (TPSA) is 41.6 Å². The summed E-state index contributed by atoms with van der Waals surface area (Å²) < 4.78 is 5.42. The van der Waals surface area contributed by atoms with Gasteiger partial charge in [-0.15, -0.1) is 0 Å². The lowest BCUT2D eigenvalue weighted by atomic mass is 9.85. The number of carbonyl (C=O) groups is 1. The van der Waals surface area contributed by atoms with Crippen LogP contribution in [0.5, 0.6) is 0 Å². The molecule has 3 rings (SSSR count). The Labute approximate surface area is 146 Å². The maximum Gasteiger partial charge on any atom is 0.244 e. The van der Waals surface area contributed by atoms with Crippen LogP contribution in [0.25, 0.3) is 0 Å². The highest BCUT2D eigenvalue weighted by molar-refractivity contribution is 5.87. The second kappa shape index (κ2) is 7.40. The van der Waals surface area contributed by atoms with Crippen LogP contribution in [-0.4, -0.2) is 42.6 Å². The molecule has 4 heteroatoms. The zero-order valence-corrected chi connectivity index (χ0v) is 15.4. The van der Waals surface area contributed by atoms with Crippen LogP contribution in [0.1, 0.15) is 58.8 Å². The normalized spacial score (nSPS) is 23.5. The first-order valence-corrected chi connectivity index (χ1v) is 9.54. The molecule has 0 aromatic carbocycles. The Balaban J connectivity index is 1.52. The Bertz CT molecular complexity index is 524. The molecule has 0 spiro atoms. The molecule has 2 aliphatic carbocycles. The molecular formula is C20H32N2O2. The molecule has 0 aromatic rings. The van der Waals surface area contributed by atoms with Gasteiger partial charge in [0.25, 0.3) is 0 Å². The maximum atomic E-state index is 12.8. The van der Waals surface area contributed by atoms with E-state index in [1.807, 2.05) is 13.8 Å². The van der Waals surface area contributed by atoms with Crippen LogP contribution in [0.3, 0.4) is 0 Å². The van der Waals surface area contributed by atoms with E-state index in [9.17, 15) is 4.79 Å². The van der Waals surface area contributed by atoms with Crippen molar-refractivity contribution in [1.29, 1.82) is 0 Å². The quantitative estimate of drug-likeness (QED) is 0.839. The zero-order valence-electron chi connectivity index (χ0n) is 15.4. The lowest BCUT2D eigenvalue weighted by molar-refractivity contribution is -0.131. The van der Waals surface area contributed by atoms with E-state index >= 15 is 0 Å². The van der Waals surface area contributed by atoms with Crippen molar-refractivity contribution in [2.45, 2.75) is 70.4 Å². The molecule has 1 saturated heterocycles. The number of amides is 1. The van der Waals surface area contributed by atoms with E-state index < -0.39 is 5.54 Å². The number of carbonyl (C=O) groups excluding carboxylic acids is 1. The molecule has 1 saturated carbocycles. The average Bonchev–Trinajstić information content (AvgIpc) is 2.58. The third-order valence-electron chi connectivity index (χ3n) is 6.15. The Morgan fingerprint density at radius 3 is 2.38 bits per heavy atom. The summed E-state index contributed by atoms with van der Waals surface area (Å²) in [4.78, 5) is 15.1. The SMILES string of the molecule is CN(C1CCCCC1)C(C)(C)C(=O)NC1=CC(C2CCOCC2)=C1. The van der Waals surface area contributed by atoms with Gasteiger partial charge >= 0.3 is 0 Å². The number of ether oxygens (including phenoxy) is 1. The van der Waals surface area contributed by atoms with Crippen LogP contribution in [0.4, 0.5) is 0 Å². The fourth-order valence-electron chi connectivity index (χ4n) is 4.05. The third-order valence-corrected chi connectivity index (χ3v) is 6.15. The van der Waals surface area contributed by atoms with Crippen molar-refractivity contribution < 1.29 is 9.53 Å². The predicted molar refractivity (Wildman–Crippen MR) is 96.6 cm³/mol. The fraction of sp³-hybridized carbons (Fsp3) is 0.750. The molecule has 4 nitrogen and oxygen atoms in total. The van der Waals surface area contributed by atoms with Gasteiger partial charge in [0.15, 0.2) is 0 Å². The summed E-state index contributed by atoms with van der Waals surface area (Å²) in [6.45, 7) is 5.80. The fourth-order valence-corrected chi connectivity index (χ4v) is 4.05. The molecular weight excluding hydrogens is 300 g/mol. The Morgan fingerprint density at radius 2 is 1.75 bits per heavy atom. The first kappa shape index (κ1) is 17.7. The first-order valence-electron chi connectivity index (χ1n) is 9.54. The largest absolute Gasteiger partial charge is 0.381 e. The lowest BCUT2D eigenvalue weighted by Crippen LogP contribution is -2.57. The van der Waals surface area contributed by atoms with Crippen LogP contribution in [0.2, 0.25) is 0 Å². The van der Waals surface area contributed by atoms with Gasteiger partial charge in [-0.1, -0.05) is 19.3 Å². The summed E-state index contributed by atoms with van der Waals surface area (Å²) in [6.07, 6.45) is 12.8. The number of likely N-dealkylation sites (N-methyl/N-ethyl adjacent to an activating group) is 1. The van der Waals surface area contributed by atoms with Gasteiger partial charge in [0, 0.05) is 25.0 Å². The molecule has 1 aliphatic heterocycles. The van der Waals surface area contributed by atoms with Gasteiger partial charge in [-0.3, -0.25) is 9.69 Å². The van der Waals surface area contributed by atoms with E-state index in [4.69, 9.17) is 4.74 Å². The van der Waals surface area contributed by atoms with Crippen LogP contribution in [0.15, 0.2) is 23.4 Å². The average molecular weight is 332 g/mol. The molecule has 0 atom stereocenters. The van der Waals surface area contributed by atoms with E-state index in [0.29, 0.717) is 12.0 Å². The molecule has 1 heterocycles. The van der Waals surface area contributed by atoms with E-state index in [-0.39, 0.29) is 5.91 Å². The molecule has 0 bridgehead atoms. The van der Waals surface area contributed by atoms with Crippen LogP contribution in [-0.2, 0) is 9.53 Å². The summed E-state index contributed by atoms with van der Waals surface area (Å²) in [5, 5.41) is 3.12. The van der Waals surface area contributed by atoms with Crippen LogP contribution >= 0.6 is 0 Å². The standard InChI is InChI=1S/C20H32N2O2/c1-20(2,22(3)18-7-5-4-6-8-18)19(23)21-17-13-16(14-17)15-9-11-24-12-10-15/h13-15,18H,4-12H2,1-3H3,(H,21,23). The minimum atomic E-state index is -0.481. The Hall–Kier alpha value is -1.13. The van der Waals surface area contributed by atoms with Gasteiger partial charge in [0.05, 0.1) is 5.54 Å². The molecule has 2 fully saturated rings. The number of allylic oxidation sites excluding steroid dienone is 3. The number of hydrogen-bond acceptors (Lipinski definition) is 3. The summed E-state index contributed by atoms with van der Waals surface area (Å²) in [7, 11) is 2.11. The highest BCUT2D eigenvalue weighted by Gasteiger charge is 2.37. The molecule has 1 N–H and O–H groups in total. The van der Waals surface area contributed by atoms with Gasteiger partial charge in [-0.25, -0.2) is 0 Å².